The van der Waals surface area contributed by atoms with Gasteiger partial charge in [0.05, 0.1) is 12.3 Å². The van der Waals surface area contributed by atoms with E-state index in [1.165, 1.54) is 12.3 Å². The van der Waals surface area contributed by atoms with E-state index in [0.717, 1.165) is 18.4 Å². The van der Waals surface area contributed by atoms with Crippen LogP contribution in [0.25, 0.3) is 0 Å². The number of methoxy groups -OCH3 is 1. The van der Waals surface area contributed by atoms with Crippen LogP contribution >= 0.6 is 0 Å². The Kier molecular flexibility index (Phi) is 5.31. The first kappa shape index (κ1) is 13.0. The minimum absolute atomic E-state index is 0.0965. The van der Waals surface area contributed by atoms with Crippen LogP contribution in [0.15, 0.2) is 18.5 Å². The van der Waals surface area contributed by atoms with Gasteiger partial charge in [0.2, 0.25) is 0 Å². The van der Waals surface area contributed by atoms with Gasteiger partial charge in [-0.1, -0.05) is 0 Å². The number of pyridine rings is 1. The molecule has 3 N–H and O–H groups in total. The molecule has 0 aliphatic carbocycles. The average molecular weight is 227 g/mol. The van der Waals surface area contributed by atoms with Crippen LogP contribution in [0.3, 0.4) is 0 Å². The standard InChI is InChI=1S/C11H18FN3O/c1-8(16-2)3-4-11(15-13)9-5-10(12)7-14-6-9/h5-8,11,15H,3-4,13H2,1-2H3. The maximum Gasteiger partial charge on any atom is 0.141 e. The second-order valence-corrected chi connectivity index (χ2v) is 3.78. The second kappa shape index (κ2) is 6.52. The Morgan fingerprint density at radius 1 is 1.50 bits per heavy atom. The number of hydrogen-bond acceptors (Lipinski definition) is 4. The molecule has 1 aromatic heterocycles. The molecule has 0 fully saturated rings. The molecule has 90 valence electrons. The molecule has 0 spiro atoms. The van der Waals surface area contributed by atoms with E-state index in [1.54, 1.807) is 13.3 Å². The summed E-state index contributed by atoms with van der Waals surface area (Å²) in [5.41, 5.74) is 3.42. The summed E-state index contributed by atoms with van der Waals surface area (Å²) in [7, 11) is 1.67. The molecule has 2 unspecified atom stereocenters. The van der Waals surface area contributed by atoms with Crippen molar-refractivity contribution in [3.8, 4) is 0 Å². The van der Waals surface area contributed by atoms with Gasteiger partial charge in [-0.25, -0.2) is 4.39 Å². The van der Waals surface area contributed by atoms with E-state index in [2.05, 4.69) is 10.4 Å². The zero-order valence-corrected chi connectivity index (χ0v) is 9.61. The quantitative estimate of drug-likeness (QED) is 0.571. The maximum absolute atomic E-state index is 13.0. The van der Waals surface area contributed by atoms with Crippen LogP contribution in [-0.4, -0.2) is 18.2 Å². The lowest BCUT2D eigenvalue weighted by atomic mass is 10.0. The SMILES string of the molecule is COC(C)CCC(NN)c1cncc(F)c1. The smallest absolute Gasteiger partial charge is 0.141 e. The predicted octanol–water partition coefficient (Wildman–Crippen LogP) is 1.54. The largest absolute Gasteiger partial charge is 0.382 e. The third-order valence-electron chi connectivity index (χ3n) is 2.59. The molecule has 1 aromatic rings. The van der Waals surface area contributed by atoms with Crippen LogP contribution in [0, 0.1) is 5.82 Å². The van der Waals surface area contributed by atoms with Gasteiger partial charge >= 0.3 is 0 Å². The van der Waals surface area contributed by atoms with Gasteiger partial charge in [-0.15, -0.1) is 0 Å². The zero-order chi connectivity index (χ0) is 12.0. The summed E-state index contributed by atoms with van der Waals surface area (Å²) >= 11 is 0. The number of rotatable bonds is 6. The maximum atomic E-state index is 13.0. The van der Waals surface area contributed by atoms with Crippen molar-refractivity contribution in [2.45, 2.75) is 31.9 Å². The lowest BCUT2D eigenvalue weighted by Gasteiger charge is -2.18. The van der Waals surface area contributed by atoms with Crippen LogP contribution < -0.4 is 11.3 Å². The number of halogens is 1. The van der Waals surface area contributed by atoms with E-state index in [4.69, 9.17) is 10.6 Å². The highest BCUT2D eigenvalue weighted by molar-refractivity contribution is 5.14. The van der Waals surface area contributed by atoms with Crippen LogP contribution in [-0.2, 0) is 4.74 Å². The van der Waals surface area contributed by atoms with Gasteiger partial charge < -0.3 is 4.74 Å². The Morgan fingerprint density at radius 3 is 2.81 bits per heavy atom. The second-order valence-electron chi connectivity index (χ2n) is 3.78. The summed E-state index contributed by atoms with van der Waals surface area (Å²) in [6.45, 7) is 1.98. The third kappa shape index (κ3) is 3.84. The van der Waals surface area contributed by atoms with Crippen molar-refractivity contribution in [3.63, 3.8) is 0 Å². The first-order valence-electron chi connectivity index (χ1n) is 5.26. The Balaban J connectivity index is 2.60. The van der Waals surface area contributed by atoms with Crippen LogP contribution in [0.4, 0.5) is 4.39 Å². The van der Waals surface area contributed by atoms with Crippen LogP contribution in [0.5, 0.6) is 0 Å². The Bertz CT molecular complexity index is 322. The van der Waals surface area contributed by atoms with Gasteiger partial charge in [-0.2, -0.15) is 0 Å². The number of hydrogen-bond donors (Lipinski definition) is 2. The molecule has 0 aliphatic rings. The highest BCUT2D eigenvalue weighted by atomic mass is 19.1. The van der Waals surface area contributed by atoms with E-state index in [1.807, 2.05) is 6.92 Å². The topological polar surface area (TPSA) is 60.2 Å². The Hall–Kier alpha value is -1.04. The van der Waals surface area contributed by atoms with Gasteiger partial charge in [0.15, 0.2) is 0 Å². The minimum atomic E-state index is -0.350. The third-order valence-corrected chi connectivity index (χ3v) is 2.59. The Morgan fingerprint density at radius 2 is 2.25 bits per heavy atom. The van der Waals surface area contributed by atoms with Gasteiger partial charge in [0.1, 0.15) is 5.82 Å². The molecular weight excluding hydrogens is 209 g/mol. The molecule has 2 atom stereocenters. The summed E-state index contributed by atoms with van der Waals surface area (Å²) < 4.78 is 18.1. The van der Waals surface area contributed by atoms with Crippen molar-refractivity contribution in [1.82, 2.24) is 10.4 Å². The van der Waals surface area contributed by atoms with Gasteiger partial charge in [-0.05, 0) is 31.4 Å². The van der Waals surface area contributed by atoms with Crippen molar-refractivity contribution in [3.05, 3.63) is 29.8 Å². The summed E-state index contributed by atoms with van der Waals surface area (Å²) in [6.07, 6.45) is 4.58. The molecule has 0 saturated heterocycles. The van der Waals surface area contributed by atoms with E-state index in [0.29, 0.717) is 0 Å². The first-order chi connectivity index (χ1) is 7.67. The summed E-state index contributed by atoms with van der Waals surface area (Å²) in [4.78, 5) is 3.80. The van der Waals surface area contributed by atoms with Crippen molar-refractivity contribution in [2.24, 2.45) is 5.84 Å². The van der Waals surface area contributed by atoms with Gasteiger partial charge in [0, 0.05) is 19.3 Å². The molecule has 0 aromatic carbocycles. The number of ether oxygens (including phenoxy) is 1. The number of aromatic nitrogens is 1. The molecule has 0 amide bonds. The van der Waals surface area contributed by atoms with Crippen LogP contribution in [0.2, 0.25) is 0 Å². The number of hydrazine groups is 1. The molecule has 1 rings (SSSR count). The van der Waals surface area contributed by atoms with E-state index >= 15 is 0 Å². The highest BCUT2D eigenvalue weighted by Crippen LogP contribution is 2.18. The number of nitrogens with two attached hydrogens (primary N) is 1. The number of nitrogens with zero attached hydrogens (tertiary/aromatic N) is 1. The summed E-state index contributed by atoms with van der Waals surface area (Å²) in [6, 6.07) is 1.34. The fourth-order valence-electron chi connectivity index (χ4n) is 1.48. The van der Waals surface area contributed by atoms with E-state index in [-0.39, 0.29) is 18.0 Å². The van der Waals surface area contributed by atoms with E-state index in [9.17, 15) is 4.39 Å². The van der Waals surface area contributed by atoms with Gasteiger partial charge in [0.25, 0.3) is 0 Å². The number of nitrogens with one attached hydrogen (secondary N) is 1. The normalized spacial score (nSPS) is 14.8. The molecule has 0 radical (unpaired) electrons. The monoisotopic (exact) mass is 227 g/mol. The molecule has 16 heavy (non-hydrogen) atoms. The van der Waals surface area contributed by atoms with Crippen molar-refractivity contribution < 1.29 is 9.13 Å². The zero-order valence-electron chi connectivity index (χ0n) is 9.61. The molecule has 1 heterocycles. The van der Waals surface area contributed by atoms with E-state index < -0.39 is 0 Å². The highest BCUT2D eigenvalue weighted by Gasteiger charge is 2.12. The molecule has 4 nitrogen and oxygen atoms in total. The predicted molar refractivity (Wildman–Crippen MR) is 60.0 cm³/mol. The summed E-state index contributed by atoms with van der Waals surface area (Å²) in [5.74, 6) is 5.09. The first-order valence-corrected chi connectivity index (χ1v) is 5.26. The lowest BCUT2D eigenvalue weighted by molar-refractivity contribution is 0.106. The van der Waals surface area contributed by atoms with Crippen LogP contribution in [0.1, 0.15) is 31.4 Å². The molecule has 5 heteroatoms. The molecular formula is C11H18FN3O. The molecule has 0 bridgehead atoms. The van der Waals surface area contributed by atoms with Crippen molar-refractivity contribution >= 4 is 0 Å². The fourth-order valence-corrected chi connectivity index (χ4v) is 1.48. The summed E-state index contributed by atoms with van der Waals surface area (Å²) in [5, 5.41) is 0. The fraction of sp³-hybridized carbons (Fsp3) is 0.545. The van der Waals surface area contributed by atoms with Crippen molar-refractivity contribution in [1.29, 1.82) is 0 Å². The molecule has 0 aliphatic heterocycles. The molecule has 0 saturated carbocycles. The average Bonchev–Trinajstić information content (AvgIpc) is 2.29. The lowest BCUT2D eigenvalue weighted by Crippen LogP contribution is -2.29. The Labute approximate surface area is 95.0 Å². The van der Waals surface area contributed by atoms with Crippen molar-refractivity contribution in [2.75, 3.05) is 7.11 Å². The van der Waals surface area contributed by atoms with Gasteiger partial charge in [-0.3, -0.25) is 16.3 Å². The minimum Gasteiger partial charge on any atom is -0.382 e.